The molecule has 0 bridgehead atoms. The molecule has 0 saturated carbocycles. The average Bonchev–Trinajstić information content (AvgIpc) is 3.07. The van der Waals surface area contributed by atoms with Crippen LogP contribution in [-0.4, -0.2) is 37.3 Å². The summed E-state index contributed by atoms with van der Waals surface area (Å²) in [6, 6.07) is 5.71. The van der Waals surface area contributed by atoms with E-state index >= 15 is 0 Å². The zero-order chi connectivity index (χ0) is 16.7. The molecule has 0 spiro atoms. The van der Waals surface area contributed by atoms with Gasteiger partial charge in [0.1, 0.15) is 0 Å². The van der Waals surface area contributed by atoms with Crippen molar-refractivity contribution in [2.75, 3.05) is 25.3 Å². The minimum atomic E-state index is -0.0828. The first-order valence-corrected chi connectivity index (χ1v) is 9.14. The van der Waals surface area contributed by atoms with Crippen molar-refractivity contribution in [1.29, 1.82) is 0 Å². The first kappa shape index (κ1) is 17.9. The molecule has 1 aromatic carbocycles. The van der Waals surface area contributed by atoms with E-state index in [1.165, 1.54) is 0 Å². The van der Waals surface area contributed by atoms with E-state index in [1.54, 1.807) is 18.9 Å². The Kier molecular flexibility index (Phi) is 7.05. The lowest BCUT2D eigenvalue weighted by atomic mass is 10.1. The van der Waals surface area contributed by atoms with Gasteiger partial charge in [0, 0.05) is 18.2 Å². The predicted octanol–water partition coefficient (Wildman–Crippen LogP) is 2.40. The Bertz CT molecular complexity index is 517. The molecule has 5 nitrogen and oxygen atoms in total. The Labute approximate surface area is 142 Å². The normalized spacial score (nSPS) is 17.3. The van der Waals surface area contributed by atoms with Gasteiger partial charge < -0.3 is 14.8 Å². The third kappa shape index (κ3) is 5.62. The van der Waals surface area contributed by atoms with Gasteiger partial charge in [-0.2, -0.15) is 0 Å². The van der Waals surface area contributed by atoms with Gasteiger partial charge in [0.15, 0.2) is 11.5 Å². The second-order valence-electron chi connectivity index (χ2n) is 6.01. The molecule has 2 N–H and O–H groups in total. The van der Waals surface area contributed by atoms with E-state index in [-0.39, 0.29) is 11.9 Å². The van der Waals surface area contributed by atoms with Gasteiger partial charge in [0.2, 0.25) is 5.91 Å². The number of carbonyl (C=O) groups is 1. The topological polar surface area (TPSA) is 59.6 Å². The molecule has 1 heterocycles. The van der Waals surface area contributed by atoms with Gasteiger partial charge in [-0.3, -0.25) is 10.1 Å². The number of hydrogen-bond acceptors (Lipinski definition) is 5. The molecule has 1 fully saturated rings. The smallest absolute Gasteiger partial charge is 0.238 e. The van der Waals surface area contributed by atoms with Crippen LogP contribution in [0.4, 0.5) is 0 Å². The van der Waals surface area contributed by atoms with Crippen LogP contribution in [0.3, 0.4) is 0 Å². The number of rotatable bonds is 8. The minimum absolute atomic E-state index is 0.0474. The van der Waals surface area contributed by atoms with Gasteiger partial charge in [-0.15, -0.1) is 11.8 Å². The Morgan fingerprint density at radius 3 is 2.91 bits per heavy atom. The van der Waals surface area contributed by atoms with E-state index in [1.807, 2.05) is 18.2 Å². The van der Waals surface area contributed by atoms with Crippen molar-refractivity contribution in [1.82, 2.24) is 10.6 Å². The van der Waals surface area contributed by atoms with Gasteiger partial charge in [-0.25, -0.2) is 0 Å². The van der Waals surface area contributed by atoms with Crippen LogP contribution in [0.25, 0.3) is 0 Å². The molecule has 1 saturated heterocycles. The molecule has 1 unspecified atom stereocenters. The summed E-state index contributed by atoms with van der Waals surface area (Å²) in [5, 5.41) is 6.12. The van der Waals surface area contributed by atoms with Crippen LogP contribution in [-0.2, 0) is 11.3 Å². The highest BCUT2D eigenvalue weighted by molar-refractivity contribution is 7.99. The van der Waals surface area contributed by atoms with Crippen LogP contribution in [0.15, 0.2) is 18.2 Å². The van der Waals surface area contributed by atoms with Gasteiger partial charge in [0.25, 0.3) is 0 Å². The fourth-order valence-electron chi connectivity index (χ4n) is 2.22. The molecule has 0 radical (unpaired) electrons. The second kappa shape index (κ2) is 9.03. The standard InChI is InChI=1S/C17H26N2O3S/c1-12(2)6-7-22-15-5-4-13(8-16(15)21-3)9-18-17(20)14-10-23-11-19-14/h4-5,8,12,14,19H,6-7,9-11H2,1-3H3,(H,18,20). The van der Waals surface area contributed by atoms with Crippen LogP contribution < -0.4 is 20.1 Å². The van der Waals surface area contributed by atoms with Crippen molar-refractivity contribution in [3.05, 3.63) is 23.8 Å². The first-order chi connectivity index (χ1) is 11.1. The maximum Gasteiger partial charge on any atom is 0.238 e. The third-order valence-electron chi connectivity index (χ3n) is 3.68. The lowest BCUT2D eigenvalue weighted by molar-refractivity contribution is -0.122. The number of nitrogens with one attached hydrogen (secondary N) is 2. The van der Waals surface area contributed by atoms with Crippen molar-refractivity contribution >= 4 is 17.7 Å². The van der Waals surface area contributed by atoms with Crippen LogP contribution >= 0.6 is 11.8 Å². The average molecular weight is 338 g/mol. The Morgan fingerprint density at radius 1 is 1.43 bits per heavy atom. The van der Waals surface area contributed by atoms with E-state index in [4.69, 9.17) is 9.47 Å². The summed E-state index contributed by atoms with van der Waals surface area (Å²) in [6.07, 6.45) is 1.01. The summed E-state index contributed by atoms with van der Waals surface area (Å²) in [5.74, 6) is 3.78. The zero-order valence-corrected chi connectivity index (χ0v) is 14.9. The Hall–Kier alpha value is -1.40. The molecule has 23 heavy (non-hydrogen) atoms. The lowest BCUT2D eigenvalue weighted by Crippen LogP contribution is -2.41. The number of benzene rings is 1. The van der Waals surface area contributed by atoms with Gasteiger partial charge in [-0.05, 0) is 30.0 Å². The van der Waals surface area contributed by atoms with Crippen LogP contribution in [0, 0.1) is 5.92 Å². The molecule has 1 aliphatic heterocycles. The van der Waals surface area contributed by atoms with Crippen LogP contribution in [0.5, 0.6) is 11.5 Å². The van der Waals surface area contributed by atoms with Crippen molar-refractivity contribution in [3.8, 4) is 11.5 Å². The van der Waals surface area contributed by atoms with Gasteiger partial charge >= 0.3 is 0 Å². The zero-order valence-electron chi connectivity index (χ0n) is 14.1. The van der Waals surface area contributed by atoms with Crippen molar-refractivity contribution in [3.63, 3.8) is 0 Å². The first-order valence-electron chi connectivity index (χ1n) is 7.98. The Balaban J connectivity index is 1.88. The molecule has 1 amide bonds. The second-order valence-corrected chi connectivity index (χ2v) is 7.04. The van der Waals surface area contributed by atoms with Gasteiger partial charge in [0.05, 0.1) is 19.8 Å². The third-order valence-corrected chi connectivity index (χ3v) is 4.62. The van der Waals surface area contributed by atoms with E-state index in [2.05, 4.69) is 24.5 Å². The fraction of sp³-hybridized carbons (Fsp3) is 0.588. The maximum atomic E-state index is 12.0. The monoisotopic (exact) mass is 338 g/mol. The minimum Gasteiger partial charge on any atom is -0.493 e. The molecule has 2 rings (SSSR count). The molecule has 0 aliphatic carbocycles. The molecule has 0 aromatic heterocycles. The molecule has 128 valence electrons. The number of ether oxygens (including phenoxy) is 2. The van der Waals surface area contributed by atoms with Crippen molar-refractivity contribution in [2.24, 2.45) is 5.92 Å². The largest absolute Gasteiger partial charge is 0.493 e. The van der Waals surface area contributed by atoms with Crippen molar-refractivity contribution < 1.29 is 14.3 Å². The number of thioether (sulfide) groups is 1. The SMILES string of the molecule is COc1cc(CNC(=O)C2CSCN2)ccc1OCCC(C)C. The summed E-state index contributed by atoms with van der Waals surface area (Å²) in [4.78, 5) is 12.0. The van der Waals surface area contributed by atoms with E-state index in [9.17, 15) is 4.79 Å². The van der Waals surface area contributed by atoms with Gasteiger partial charge in [-0.1, -0.05) is 19.9 Å². The summed E-state index contributed by atoms with van der Waals surface area (Å²) in [6.45, 7) is 5.51. The van der Waals surface area contributed by atoms with E-state index in [0.29, 0.717) is 24.8 Å². The predicted molar refractivity (Wildman–Crippen MR) is 94.0 cm³/mol. The fourth-order valence-corrected chi connectivity index (χ4v) is 3.16. The molecular formula is C17H26N2O3S. The summed E-state index contributed by atoms with van der Waals surface area (Å²) >= 11 is 1.74. The number of hydrogen-bond donors (Lipinski definition) is 2. The maximum absolute atomic E-state index is 12.0. The molecule has 1 atom stereocenters. The summed E-state index contributed by atoms with van der Waals surface area (Å²) < 4.78 is 11.2. The molecule has 1 aliphatic rings. The van der Waals surface area contributed by atoms with Crippen LogP contribution in [0.1, 0.15) is 25.8 Å². The van der Waals surface area contributed by atoms with E-state index in [0.717, 1.165) is 29.4 Å². The number of carbonyl (C=O) groups excluding carboxylic acids is 1. The summed E-state index contributed by atoms with van der Waals surface area (Å²) in [5.41, 5.74) is 0.997. The van der Waals surface area contributed by atoms with Crippen LogP contribution in [0.2, 0.25) is 0 Å². The number of amides is 1. The highest BCUT2D eigenvalue weighted by Crippen LogP contribution is 2.28. The highest BCUT2D eigenvalue weighted by atomic mass is 32.2. The van der Waals surface area contributed by atoms with Crippen molar-refractivity contribution in [2.45, 2.75) is 32.9 Å². The molecule has 1 aromatic rings. The number of methoxy groups -OCH3 is 1. The lowest BCUT2D eigenvalue weighted by Gasteiger charge is -2.14. The quantitative estimate of drug-likeness (QED) is 0.762. The molecular weight excluding hydrogens is 312 g/mol. The Morgan fingerprint density at radius 2 is 2.26 bits per heavy atom. The van der Waals surface area contributed by atoms with E-state index < -0.39 is 0 Å². The summed E-state index contributed by atoms with van der Waals surface area (Å²) in [7, 11) is 1.63. The highest BCUT2D eigenvalue weighted by Gasteiger charge is 2.22. The molecule has 6 heteroatoms.